The molecule has 0 saturated carbocycles. The summed E-state index contributed by atoms with van der Waals surface area (Å²) in [6, 6.07) is 2.86. The van der Waals surface area contributed by atoms with Gasteiger partial charge >= 0.3 is 6.18 Å². The van der Waals surface area contributed by atoms with Crippen LogP contribution in [0.1, 0.15) is 19.4 Å². The molecule has 0 fully saturated rings. The van der Waals surface area contributed by atoms with Gasteiger partial charge in [-0.1, -0.05) is 13.8 Å². The van der Waals surface area contributed by atoms with Crippen LogP contribution < -0.4 is 5.73 Å². The van der Waals surface area contributed by atoms with Crippen LogP contribution in [0.3, 0.4) is 0 Å². The summed E-state index contributed by atoms with van der Waals surface area (Å²) < 4.78 is 54.7. The quantitative estimate of drug-likeness (QED) is 0.649. The average Bonchev–Trinajstić information content (AvgIpc) is 2.32. The van der Waals surface area contributed by atoms with Gasteiger partial charge in [0.1, 0.15) is 0 Å². The second kappa shape index (κ2) is 7.08. The fourth-order valence-electron chi connectivity index (χ4n) is 1.50. The largest absolute Gasteiger partial charge is 0.416 e. The highest BCUT2D eigenvalue weighted by atomic mass is 32.2. The molecule has 7 heteroatoms. The molecule has 0 aliphatic heterocycles. The molecule has 0 radical (unpaired) electrons. The lowest BCUT2D eigenvalue weighted by molar-refractivity contribution is -0.137. The van der Waals surface area contributed by atoms with Crippen LogP contribution in [0.2, 0.25) is 0 Å². The Bertz CT molecular complexity index is 475. The lowest BCUT2D eigenvalue weighted by atomic mass is 10.2. The van der Waals surface area contributed by atoms with Crippen LogP contribution >= 0.6 is 0 Å². The normalized spacial score (nSPS) is 13.7. The Labute approximate surface area is 118 Å². The van der Waals surface area contributed by atoms with E-state index in [0.29, 0.717) is 12.5 Å². The first kappa shape index (κ1) is 17.0. The number of halogens is 3. The molecule has 0 aromatic heterocycles. The molecular formula is C13H18F3NO2S. The monoisotopic (exact) mass is 309 g/mol. The molecule has 1 unspecified atom stereocenters. The van der Waals surface area contributed by atoms with Crippen molar-refractivity contribution in [3.05, 3.63) is 23.8 Å². The first-order chi connectivity index (χ1) is 9.21. The van der Waals surface area contributed by atoms with Crippen LogP contribution in [0.4, 0.5) is 18.9 Å². The topological polar surface area (TPSA) is 52.3 Å². The van der Waals surface area contributed by atoms with Crippen molar-refractivity contribution in [3.63, 3.8) is 0 Å². The zero-order valence-corrected chi connectivity index (χ0v) is 12.2. The van der Waals surface area contributed by atoms with E-state index in [0.717, 1.165) is 18.2 Å². The van der Waals surface area contributed by atoms with E-state index in [4.69, 9.17) is 10.5 Å². The van der Waals surface area contributed by atoms with Crippen molar-refractivity contribution in [3.8, 4) is 0 Å². The zero-order chi connectivity index (χ0) is 15.3. The first-order valence-electron chi connectivity index (χ1n) is 6.14. The van der Waals surface area contributed by atoms with E-state index >= 15 is 0 Å². The maximum absolute atomic E-state index is 12.5. The Morgan fingerprint density at radius 3 is 2.50 bits per heavy atom. The van der Waals surface area contributed by atoms with E-state index in [9.17, 15) is 17.4 Å². The number of ether oxygens (including phenoxy) is 1. The lowest BCUT2D eigenvalue weighted by Crippen LogP contribution is -2.12. The molecule has 0 heterocycles. The smallest absolute Gasteiger partial charge is 0.398 e. The van der Waals surface area contributed by atoms with Crippen molar-refractivity contribution in [2.45, 2.75) is 24.9 Å². The molecule has 20 heavy (non-hydrogen) atoms. The number of benzene rings is 1. The number of alkyl halides is 3. The maximum Gasteiger partial charge on any atom is 0.416 e. The van der Waals surface area contributed by atoms with Gasteiger partial charge in [0.25, 0.3) is 0 Å². The minimum absolute atomic E-state index is 0.109. The molecule has 1 rings (SSSR count). The summed E-state index contributed by atoms with van der Waals surface area (Å²) in [4.78, 5) is 0.214. The summed E-state index contributed by atoms with van der Waals surface area (Å²) >= 11 is 0. The van der Waals surface area contributed by atoms with E-state index in [1.54, 1.807) is 0 Å². The van der Waals surface area contributed by atoms with Gasteiger partial charge < -0.3 is 10.5 Å². The number of nitrogens with two attached hydrogens (primary N) is 1. The molecule has 0 aliphatic carbocycles. The molecule has 1 aromatic carbocycles. The Kier molecular flexibility index (Phi) is 6.01. The van der Waals surface area contributed by atoms with E-state index < -0.39 is 22.5 Å². The van der Waals surface area contributed by atoms with Crippen molar-refractivity contribution in [1.29, 1.82) is 0 Å². The van der Waals surface area contributed by atoms with Crippen LogP contribution in [-0.2, 0) is 21.7 Å². The van der Waals surface area contributed by atoms with Crippen molar-refractivity contribution in [1.82, 2.24) is 0 Å². The van der Waals surface area contributed by atoms with E-state index in [1.807, 2.05) is 13.8 Å². The van der Waals surface area contributed by atoms with Crippen molar-refractivity contribution < 1.29 is 22.1 Å². The highest BCUT2D eigenvalue weighted by Crippen LogP contribution is 2.32. The Balaban J connectivity index is 2.65. The SMILES string of the molecule is CC(C)COCCS(=O)c1ccc(C(F)(F)F)cc1N. The average molecular weight is 309 g/mol. The van der Waals surface area contributed by atoms with Crippen LogP contribution in [0.15, 0.2) is 23.1 Å². The molecule has 3 nitrogen and oxygen atoms in total. The minimum Gasteiger partial charge on any atom is -0.398 e. The van der Waals surface area contributed by atoms with Gasteiger partial charge in [-0.2, -0.15) is 13.2 Å². The number of nitrogen functional groups attached to an aromatic ring is 1. The summed E-state index contributed by atoms with van der Waals surface area (Å²) in [7, 11) is -1.46. The molecule has 0 bridgehead atoms. The molecule has 2 N–H and O–H groups in total. The molecular weight excluding hydrogens is 291 g/mol. The van der Waals surface area contributed by atoms with E-state index in [1.165, 1.54) is 0 Å². The van der Waals surface area contributed by atoms with Crippen LogP contribution in [-0.4, -0.2) is 23.2 Å². The fraction of sp³-hybridized carbons (Fsp3) is 0.538. The summed E-state index contributed by atoms with van der Waals surface area (Å²) in [6.45, 7) is 4.82. The van der Waals surface area contributed by atoms with Gasteiger partial charge in [0, 0.05) is 12.3 Å². The molecule has 0 amide bonds. The zero-order valence-electron chi connectivity index (χ0n) is 11.4. The number of hydrogen-bond donors (Lipinski definition) is 1. The maximum atomic E-state index is 12.5. The van der Waals surface area contributed by atoms with E-state index in [-0.39, 0.29) is 22.9 Å². The van der Waals surface area contributed by atoms with Gasteiger partial charge in [0.15, 0.2) is 0 Å². The third kappa shape index (κ3) is 5.13. The predicted molar refractivity (Wildman–Crippen MR) is 72.8 cm³/mol. The third-order valence-electron chi connectivity index (χ3n) is 2.45. The summed E-state index contributed by atoms with van der Waals surface area (Å²) in [5.41, 5.74) is 4.59. The molecule has 114 valence electrons. The second-order valence-corrected chi connectivity index (χ2v) is 6.31. The Hall–Kier alpha value is -1.08. The molecule has 0 aliphatic rings. The number of rotatable bonds is 6. The fourth-order valence-corrected chi connectivity index (χ4v) is 2.53. The van der Waals surface area contributed by atoms with Gasteiger partial charge in [0.2, 0.25) is 0 Å². The molecule has 1 aromatic rings. The van der Waals surface area contributed by atoms with Gasteiger partial charge in [-0.25, -0.2) is 0 Å². The standard InChI is InChI=1S/C13H18F3NO2S/c1-9(2)8-19-5-6-20(18)12-4-3-10(7-11(12)17)13(14,15)16/h3-4,7,9H,5-6,8,17H2,1-2H3. The Morgan fingerprint density at radius 1 is 1.35 bits per heavy atom. The first-order valence-corrected chi connectivity index (χ1v) is 7.46. The summed E-state index contributed by atoms with van der Waals surface area (Å²) in [5.74, 6) is 0.585. The summed E-state index contributed by atoms with van der Waals surface area (Å²) in [6.07, 6.45) is -4.45. The van der Waals surface area contributed by atoms with Crippen LogP contribution in [0.25, 0.3) is 0 Å². The van der Waals surface area contributed by atoms with Crippen molar-refractivity contribution in [2.75, 3.05) is 24.7 Å². The van der Waals surface area contributed by atoms with E-state index in [2.05, 4.69) is 0 Å². The van der Waals surface area contributed by atoms with Crippen LogP contribution in [0, 0.1) is 5.92 Å². The molecule has 1 atom stereocenters. The number of hydrogen-bond acceptors (Lipinski definition) is 3. The van der Waals surface area contributed by atoms with Crippen molar-refractivity contribution in [2.24, 2.45) is 5.92 Å². The molecule has 0 saturated heterocycles. The molecule has 0 spiro atoms. The summed E-state index contributed by atoms with van der Waals surface area (Å²) in [5, 5.41) is 0. The highest BCUT2D eigenvalue weighted by molar-refractivity contribution is 7.85. The second-order valence-electron chi connectivity index (χ2n) is 4.77. The number of anilines is 1. The van der Waals surface area contributed by atoms with Gasteiger partial charge in [0.05, 0.1) is 33.6 Å². The third-order valence-corrected chi connectivity index (χ3v) is 3.85. The van der Waals surface area contributed by atoms with Gasteiger partial charge in [-0.05, 0) is 24.1 Å². The lowest BCUT2D eigenvalue weighted by Gasteiger charge is -2.11. The van der Waals surface area contributed by atoms with Crippen molar-refractivity contribution >= 4 is 16.5 Å². The predicted octanol–water partition coefficient (Wildman–Crippen LogP) is 3.07. The van der Waals surface area contributed by atoms with Crippen LogP contribution in [0.5, 0.6) is 0 Å². The Morgan fingerprint density at radius 2 is 2.00 bits per heavy atom. The highest BCUT2D eigenvalue weighted by Gasteiger charge is 2.31. The van der Waals surface area contributed by atoms with Gasteiger partial charge in [-0.15, -0.1) is 0 Å². The van der Waals surface area contributed by atoms with Gasteiger partial charge in [-0.3, -0.25) is 4.21 Å². The minimum atomic E-state index is -4.45.